The Morgan fingerprint density at radius 2 is 2.00 bits per heavy atom. The fourth-order valence-electron chi connectivity index (χ4n) is 1.59. The standard InChI is InChI=1S/C14H23NO/c1-3-15-11-9-13(2)16-12-10-14-7-5-4-6-8-14/h4-8,13,15H,3,9-12H2,1-2H3. The Balaban J connectivity index is 2.06. The van der Waals surface area contributed by atoms with Gasteiger partial charge in [0.1, 0.15) is 0 Å². The zero-order chi connectivity index (χ0) is 11.6. The predicted octanol–water partition coefficient (Wildman–Crippen LogP) is 2.63. The highest BCUT2D eigenvalue weighted by molar-refractivity contribution is 5.14. The Hall–Kier alpha value is -0.860. The van der Waals surface area contributed by atoms with Crippen molar-refractivity contribution in [2.75, 3.05) is 19.7 Å². The van der Waals surface area contributed by atoms with Gasteiger partial charge in [-0.25, -0.2) is 0 Å². The number of rotatable bonds is 8. The lowest BCUT2D eigenvalue weighted by molar-refractivity contribution is 0.0628. The van der Waals surface area contributed by atoms with Gasteiger partial charge >= 0.3 is 0 Å². The maximum Gasteiger partial charge on any atom is 0.0559 e. The van der Waals surface area contributed by atoms with Crippen molar-refractivity contribution in [1.82, 2.24) is 5.32 Å². The van der Waals surface area contributed by atoms with Crippen molar-refractivity contribution in [3.05, 3.63) is 35.9 Å². The van der Waals surface area contributed by atoms with E-state index in [4.69, 9.17) is 4.74 Å². The van der Waals surface area contributed by atoms with Gasteiger partial charge in [0.15, 0.2) is 0 Å². The predicted molar refractivity (Wildman–Crippen MR) is 68.7 cm³/mol. The summed E-state index contributed by atoms with van der Waals surface area (Å²) in [5.41, 5.74) is 1.35. The topological polar surface area (TPSA) is 21.3 Å². The molecular weight excluding hydrogens is 198 g/mol. The molecule has 1 N–H and O–H groups in total. The molecule has 0 saturated carbocycles. The summed E-state index contributed by atoms with van der Waals surface area (Å²) in [6.45, 7) is 7.17. The van der Waals surface area contributed by atoms with Gasteiger partial charge in [-0.2, -0.15) is 0 Å². The molecule has 2 heteroatoms. The Morgan fingerprint density at radius 1 is 1.25 bits per heavy atom. The van der Waals surface area contributed by atoms with E-state index in [2.05, 4.69) is 43.4 Å². The van der Waals surface area contributed by atoms with Crippen LogP contribution in [0.25, 0.3) is 0 Å². The van der Waals surface area contributed by atoms with E-state index in [1.165, 1.54) is 5.56 Å². The molecule has 0 fully saturated rings. The van der Waals surface area contributed by atoms with Gasteiger partial charge in [0.05, 0.1) is 12.7 Å². The lowest BCUT2D eigenvalue weighted by Gasteiger charge is -2.13. The number of benzene rings is 1. The maximum atomic E-state index is 5.75. The summed E-state index contributed by atoms with van der Waals surface area (Å²) < 4.78 is 5.75. The van der Waals surface area contributed by atoms with Gasteiger partial charge in [0.2, 0.25) is 0 Å². The zero-order valence-corrected chi connectivity index (χ0v) is 10.4. The van der Waals surface area contributed by atoms with Crippen LogP contribution in [-0.2, 0) is 11.2 Å². The summed E-state index contributed by atoms with van der Waals surface area (Å²) in [4.78, 5) is 0. The Labute approximate surface area is 99.0 Å². The van der Waals surface area contributed by atoms with Crippen LogP contribution in [0.2, 0.25) is 0 Å². The highest BCUT2D eigenvalue weighted by Gasteiger charge is 2.01. The highest BCUT2D eigenvalue weighted by atomic mass is 16.5. The van der Waals surface area contributed by atoms with Crippen LogP contribution in [0, 0.1) is 0 Å². The van der Waals surface area contributed by atoms with Gasteiger partial charge in [-0.15, -0.1) is 0 Å². The van der Waals surface area contributed by atoms with Gasteiger partial charge in [0.25, 0.3) is 0 Å². The number of hydrogen-bond donors (Lipinski definition) is 1. The second kappa shape index (κ2) is 8.31. The first-order chi connectivity index (χ1) is 7.83. The number of hydrogen-bond acceptors (Lipinski definition) is 2. The molecule has 1 rings (SSSR count). The number of ether oxygens (including phenoxy) is 1. The van der Waals surface area contributed by atoms with Crippen LogP contribution >= 0.6 is 0 Å². The molecule has 1 atom stereocenters. The first-order valence-electron chi connectivity index (χ1n) is 6.19. The summed E-state index contributed by atoms with van der Waals surface area (Å²) >= 11 is 0. The molecule has 0 spiro atoms. The van der Waals surface area contributed by atoms with E-state index < -0.39 is 0 Å². The second-order valence-corrected chi connectivity index (χ2v) is 4.06. The maximum absolute atomic E-state index is 5.75. The quantitative estimate of drug-likeness (QED) is 0.681. The average molecular weight is 221 g/mol. The summed E-state index contributed by atoms with van der Waals surface area (Å²) in [7, 11) is 0. The van der Waals surface area contributed by atoms with Crippen molar-refractivity contribution in [3.63, 3.8) is 0 Å². The number of nitrogens with one attached hydrogen (secondary N) is 1. The normalized spacial score (nSPS) is 12.6. The van der Waals surface area contributed by atoms with Crippen molar-refractivity contribution in [2.45, 2.75) is 32.8 Å². The van der Waals surface area contributed by atoms with E-state index in [1.807, 2.05) is 6.07 Å². The van der Waals surface area contributed by atoms with Crippen LogP contribution in [0.4, 0.5) is 0 Å². The van der Waals surface area contributed by atoms with Gasteiger partial charge in [0, 0.05) is 0 Å². The van der Waals surface area contributed by atoms with Gasteiger partial charge in [-0.3, -0.25) is 0 Å². The third kappa shape index (κ3) is 5.89. The fraction of sp³-hybridized carbons (Fsp3) is 0.571. The Bertz CT molecular complexity index is 261. The lowest BCUT2D eigenvalue weighted by Crippen LogP contribution is -2.20. The minimum absolute atomic E-state index is 0.350. The summed E-state index contributed by atoms with van der Waals surface area (Å²) in [5, 5.41) is 3.31. The van der Waals surface area contributed by atoms with Gasteiger partial charge in [-0.05, 0) is 38.4 Å². The minimum atomic E-state index is 0.350. The minimum Gasteiger partial charge on any atom is -0.378 e. The fourth-order valence-corrected chi connectivity index (χ4v) is 1.59. The molecule has 0 heterocycles. The monoisotopic (exact) mass is 221 g/mol. The SMILES string of the molecule is CCNCCC(C)OCCc1ccccc1. The van der Waals surface area contributed by atoms with Crippen LogP contribution in [0.15, 0.2) is 30.3 Å². The third-order valence-corrected chi connectivity index (χ3v) is 2.61. The molecule has 0 bridgehead atoms. The van der Waals surface area contributed by atoms with Crippen LogP contribution in [-0.4, -0.2) is 25.8 Å². The van der Waals surface area contributed by atoms with Crippen molar-refractivity contribution in [2.24, 2.45) is 0 Å². The average Bonchev–Trinajstić information content (AvgIpc) is 2.31. The van der Waals surface area contributed by atoms with E-state index in [-0.39, 0.29) is 0 Å². The van der Waals surface area contributed by atoms with E-state index in [0.717, 1.165) is 32.5 Å². The molecule has 1 aromatic carbocycles. The zero-order valence-electron chi connectivity index (χ0n) is 10.4. The molecule has 0 saturated heterocycles. The molecule has 0 aliphatic rings. The summed E-state index contributed by atoms with van der Waals surface area (Å²) in [6, 6.07) is 10.5. The van der Waals surface area contributed by atoms with Gasteiger partial charge in [-0.1, -0.05) is 37.3 Å². The second-order valence-electron chi connectivity index (χ2n) is 4.06. The van der Waals surface area contributed by atoms with E-state index in [9.17, 15) is 0 Å². The first-order valence-corrected chi connectivity index (χ1v) is 6.19. The Morgan fingerprint density at radius 3 is 2.69 bits per heavy atom. The lowest BCUT2D eigenvalue weighted by atomic mass is 10.2. The smallest absolute Gasteiger partial charge is 0.0559 e. The molecule has 1 unspecified atom stereocenters. The molecule has 16 heavy (non-hydrogen) atoms. The van der Waals surface area contributed by atoms with Crippen molar-refractivity contribution >= 4 is 0 Å². The van der Waals surface area contributed by atoms with E-state index in [0.29, 0.717) is 6.10 Å². The molecule has 2 nitrogen and oxygen atoms in total. The molecule has 1 aromatic rings. The third-order valence-electron chi connectivity index (χ3n) is 2.61. The molecule has 0 radical (unpaired) electrons. The molecule has 0 aromatic heterocycles. The molecule has 0 amide bonds. The van der Waals surface area contributed by atoms with Crippen molar-refractivity contribution in [3.8, 4) is 0 Å². The van der Waals surface area contributed by atoms with Crippen molar-refractivity contribution in [1.29, 1.82) is 0 Å². The van der Waals surface area contributed by atoms with Crippen LogP contribution < -0.4 is 5.32 Å². The van der Waals surface area contributed by atoms with Crippen LogP contribution in [0.5, 0.6) is 0 Å². The summed E-state index contributed by atoms with van der Waals surface area (Å²) in [6.07, 6.45) is 2.44. The van der Waals surface area contributed by atoms with E-state index in [1.54, 1.807) is 0 Å². The molecule has 0 aliphatic carbocycles. The van der Waals surface area contributed by atoms with Crippen molar-refractivity contribution < 1.29 is 4.74 Å². The molecular formula is C14H23NO. The first kappa shape index (κ1) is 13.2. The summed E-state index contributed by atoms with van der Waals surface area (Å²) in [5.74, 6) is 0. The van der Waals surface area contributed by atoms with Crippen LogP contribution in [0.3, 0.4) is 0 Å². The molecule has 90 valence electrons. The van der Waals surface area contributed by atoms with E-state index >= 15 is 0 Å². The largest absolute Gasteiger partial charge is 0.378 e. The van der Waals surface area contributed by atoms with Crippen LogP contribution in [0.1, 0.15) is 25.8 Å². The molecule has 0 aliphatic heterocycles. The highest BCUT2D eigenvalue weighted by Crippen LogP contribution is 2.02. The Kier molecular flexibility index (Phi) is 6.86. The van der Waals surface area contributed by atoms with Gasteiger partial charge < -0.3 is 10.1 Å².